The van der Waals surface area contributed by atoms with Gasteiger partial charge in [-0.3, -0.25) is 0 Å². The molecule has 14 heavy (non-hydrogen) atoms. The third-order valence-corrected chi connectivity index (χ3v) is 2.81. The van der Waals surface area contributed by atoms with Gasteiger partial charge in [-0.05, 0) is 18.1 Å². The van der Waals surface area contributed by atoms with Gasteiger partial charge in [-0.2, -0.15) is 0 Å². The van der Waals surface area contributed by atoms with Gasteiger partial charge in [-0.1, -0.05) is 37.9 Å². The predicted molar refractivity (Wildman–Crippen MR) is 57.8 cm³/mol. The molecule has 0 fully saturated rings. The van der Waals surface area contributed by atoms with Crippen LogP contribution in [-0.4, -0.2) is 0 Å². The monoisotopic (exact) mass is 215 g/mol. The molecule has 0 radical (unpaired) electrons. The van der Waals surface area contributed by atoms with Crippen LogP contribution >= 0.6 is 11.6 Å². The second-order valence-corrected chi connectivity index (χ2v) is 4.01. The summed E-state index contributed by atoms with van der Waals surface area (Å²) in [6, 6.07) is 4.38. The van der Waals surface area contributed by atoms with Gasteiger partial charge < -0.3 is 5.73 Å². The van der Waals surface area contributed by atoms with Crippen LogP contribution in [0.25, 0.3) is 0 Å². The van der Waals surface area contributed by atoms with Crippen LogP contribution in [0.4, 0.5) is 4.39 Å². The van der Waals surface area contributed by atoms with Crippen molar-refractivity contribution >= 4 is 11.6 Å². The van der Waals surface area contributed by atoms with Crippen LogP contribution in [0.3, 0.4) is 0 Å². The van der Waals surface area contributed by atoms with E-state index in [1.165, 1.54) is 6.07 Å². The normalized spacial score (nSPS) is 15.2. The van der Waals surface area contributed by atoms with E-state index < -0.39 is 0 Å². The minimum absolute atomic E-state index is 0.253. The average Bonchev–Trinajstić information content (AvgIpc) is 2.15. The highest BCUT2D eigenvalue weighted by Gasteiger charge is 2.16. The van der Waals surface area contributed by atoms with Crippen molar-refractivity contribution in [1.82, 2.24) is 0 Å². The molecule has 1 aromatic rings. The number of hydrogen-bond acceptors (Lipinski definition) is 1. The Bertz CT molecular complexity index is 314. The molecule has 0 aliphatic heterocycles. The minimum atomic E-state index is -0.315. The molecule has 2 unspecified atom stereocenters. The van der Waals surface area contributed by atoms with Gasteiger partial charge in [0.05, 0.1) is 0 Å². The average molecular weight is 216 g/mol. The van der Waals surface area contributed by atoms with Crippen molar-refractivity contribution in [3.63, 3.8) is 0 Å². The predicted octanol–water partition coefficient (Wildman–Crippen LogP) is 3.53. The Morgan fingerprint density at radius 1 is 1.50 bits per heavy atom. The zero-order chi connectivity index (χ0) is 10.7. The summed E-state index contributed by atoms with van der Waals surface area (Å²) in [6.45, 7) is 4.05. The first-order valence-corrected chi connectivity index (χ1v) is 5.14. The minimum Gasteiger partial charge on any atom is -0.324 e. The first-order chi connectivity index (χ1) is 6.56. The molecule has 0 aliphatic carbocycles. The fourth-order valence-electron chi connectivity index (χ4n) is 1.33. The maximum atomic E-state index is 13.4. The summed E-state index contributed by atoms with van der Waals surface area (Å²) < 4.78 is 13.4. The third-order valence-electron chi connectivity index (χ3n) is 2.58. The topological polar surface area (TPSA) is 26.0 Å². The highest BCUT2D eigenvalue weighted by molar-refractivity contribution is 6.30. The molecule has 0 spiro atoms. The summed E-state index contributed by atoms with van der Waals surface area (Å²) in [5, 5.41) is 0.405. The zero-order valence-corrected chi connectivity index (χ0v) is 9.18. The lowest BCUT2D eigenvalue weighted by atomic mass is 9.93. The van der Waals surface area contributed by atoms with E-state index in [-0.39, 0.29) is 17.8 Å². The fraction of sp³-hybridized carbons (Fsp3) is 0.455. The first kappa shape index (κ1) is 11.5. The van der Waals surface area contributed by atoms with Gasteiger partial charge in [-0.15, -0.1) is 0 Å². The second-order valence-electron chi connectivity index (χ2n) is 3.58. The van der Waals surface area contributed by atoms with E-state index in [4.69, 9.17) is 17.3 Å². The molecular formula is C11H15ClFN. The second kappa shape index (κ2) is 4.76. The largest absolute Gasteiger partial charge is 0.324 e. The van der Waals surface area contributed by atoms with Gasteiger partial charge >= 0.3 is 0 Å². The van der Waals surface area contributed by atoms with Crippen LogP contribution in [0.2, 0.25) is 5.02 Å². The van der Waals surface area contributed by atoms with Crippen LogP contribution in [0.15, 0.2) is 18.2 Å². The van der Waals surface area contributed by atoms with Crippen molar-refractivity contribution in [3.8, 4) is 0 Å². The maximum Gasteiger partial charge on any atom is 0.129 e. The lowest BCUT2D eigenvalue weighted by Crippen LogP contribution is -2.19. The summed E-state index contributed by atoms with van der Waals surface area (Å²) in [4.78, 5) is 0. The number of nitrogens with two attached hydrogens (primary N) is 1. The van der Waals surface area contributed by atoms with E-state index in [1.54, 1.807) is 12.1 Å². The lowest BCUT2D eigenvalue weighted by molar-refractivity contribution is 0.439. The molecule has 0 saturated carbocycles. The van der Waals surface area contributed by atoms with Crippen LogP contribution < -0.4 is 5.73 Å². The summed E-state index contributed by atoms with van der Waals surface area (Å²) >= 11 is 5.65. The molecule has 0 aromatic heterocycles. The van der Waals surface area contributed by atoms with Gasteiger partial charge in [0, 0.05) is 16.6 Å². The molecule has 0 aliphatic rings. The van der Waals surface area contributed by atoms with Gasteiger partial charge in [0.15, 0.2) is 0 Å². The molecule has 2 atom stereocenters. The number of benzene rings is 1. The van der Waals surface area contributed by atoms with E-state index >= 15 is 0 Å². The molecule has 3 heteroatoms. The molecule has 2 N–H and O–H groups in total. The molecule has 1 rings (SSSR count). The third kappa shape index (κ3) is 2.46. The van der Waals surface area contributed by atoms with E-state index in [9.17, 15) is 4.39 Å². The van der Waals surface area contributed by atoms with Crippen molar-refractivity contribution in [2.45, 2.75) is 26.3 Å². The molecule has 0 amide bonds. The summed E-state index contributed by atoms with van der Waals surface area (Å²) in [5.74, 6) is -0.0454. The van der Waals surface area contributed by atoms with Crippen LogP contribution in [0.5, 0.6) is 0 Å². The van der Waals surface area contributed by atoms with Crippen LogP contribution in [0.1, 0.15) is 31.9 Å². The van der Waals surface area contributed by atoms with E-state index in [2.05, 4.69) is 0 Å². The van der Waals surface area contributed by atoms with E-state index in [1.807, 2.05) is 13.8 Å². The van der Waals surface area contributed by atoms with Crippen molar-refractivity contribution in [1.29, 1.82) is 0 Å². The van der Waals surface area contributed by atoms with Crippen molar-refractivity contribution < 1.29 is 4.39 Å². The summed E-state index contributed by atoms with van der Waals surface area (Å²) in [7, 11) is 0. The molecule has 0 saturated heterocycles. The Kier molecular flexibility index (Phi) is 3.90. The smallest absolute Gasteiger partial charge is 0.129 e. The Morgan fingerprint density at radius 3 is 2.64 bits per heavy atom. The van der Waals surface area contributed by atoms with Gasteiger partial charge in [-0.25, -0.2) is 4.39 Å². The van der Waals surface area contributed by atoms with E-state index in [0.717, 1.165) is 6.42 Å². The Balaban J connectivity index is 2.95. The quantitative estimate of drug-likeness (QED) is 0.820. The van der Waals surface area contributed by atoms with Crippen molar-refractivity contribution in [2.24, 2.45) is 11.7 Å². The number of rotatable bonds is 3. The Morgan fingerprint density at radius 2 is 2.14 bits per heavy atom. The van der Waals surface area contributed by atoms with Gasteiger partial charge in [0.1, 0.15) is 5.82 Å². The van der Waals surface area contributed by atoms with Crippen molar-refractivity contribution in [3.05, 3.63) is 34.6 Å². The highest BCUT2D eigenvalue weighted by Crippen LogP contribution is 2.25. The maximum absolute atomic E-state index is 13.4. The first-order valence-electron chi connectivity index (χ1n) is 4.76. The van der Waals surface area contributed by atoms with Gasteiger partial charge in [0.2, 0.25) is 0 Å². The molecule has 1 aromatic carbocycles. The van der Waals surface area contributed by atoms with E-state index in [0.29, 0.717) is 10.6 Å². The fourth-order valence-corrected chi connectivity index (χ4v) is 1.49. The summed E-state index contributed by atoms with van der Waals surface area (Å²) in [5.41, 5.74) is 6.46. The number of hydrogen-bond donors (Lipinski definition) is 1. The zero-order valence-electron chi connectivity index (χ0n) is 8.43. The molecular weight excluding hydrogens is 201 g/mol. The molecule has 78 valence electrons. The lowest BCUT2D eigenvalue weighted by Gasteiger charge is -2.19. The van der Waals surface area contributed by atoms with Gasteiger partial charge in [0.25, 0.3) is 0 Å². The molecule has 0 bridgehead atoms. The molecule has 0 heterocycles. The molecule has 1 nitrogen and oxygen atoms in total. The standard InChI is InChI=1S/C11H15ClFN/c1-3-7(2)11(14)9-5-4-8(12)6-10(9)13/h4-7,11H,3,14H2,1-2H3. The van der Waals surface area contributed by atoms with Crippen LogP contribution in [-0.2, 0) is 0 Å². The Hall–Kier alpha value is -0.600. The Labute approximate surface area is 89.1 Å². The van der Waals surface area contributed by atoms with Crippen molar-refractivity contribution in [2.75, 3.05) is 0 Å². The summed E-state index contributed by atoms with van der Waals surface area (Å²) in [6.07, 6.45) is 0.934. The van der Waals surface area contributed by atoms with Crippen LogP contribution in [0, 0.1) is 11.7 Å². The highest BCUT2D eigenvalue weighted by atomic mass is 35.5. The SMILES string of the molecule is CCC(C)C(N)c1ccc(Cl)cc1F. The number of halogens is 2.